The maximum Gasteiger partial charge on any atom is 0.277 e. The summed E-state index contributed by atoms with van der Waals surface area (Å²) in [5, 5.41) is 21.3. The van der Waals surface area contributed by atoms with Crippen molar-refractivity contribution < 1.29 is 14.8 Å². The van der Waals surface area contributed by atoms with E-state index in [2.05, 4.69) is 0 Å². The van der Waals surface area contributed by atoms with Crippen molar-refractivity contribution in [2.45, 2.75) is 0 Å². The Morgan fingerprint density at radius 3 is 2.53 bits per heavy atom. The van der Waals surface area contributed by atoms with Crippen molar-refractivity contribution in [1.29, 1.82) is 0 Å². The monoisotopic (exact) mass is 279 g/mol. The van der Waals surface area contributed by atoms with E-state index < -0.39 is 4.92 Å². The average Bonchev–Trinajstić information content (AvgIpc) is 2.38. The number of nitro groups is 1. The van der Waals surface area contributed by atoms with Crippen LogP contribution in [0.1, 0.15) is 0 Å². The van der Waals surface area contributed by atoms with E-state index in [-0.39, 0.29) is 17.0 Å². The first-order chi connectivity index (χ1) is 9.02. The zero-order valence-electron chi connectivity index (χ0n) is 9.96. The van der Waals surface area contributed by atoms with E-state index in [0.29, 0.717) is 16.3 Å². The summed E-state index contributed by atoms with van der Waals surface area (Å²) in [6.45, 7) is 0. The minimum absolute atomic E-state index is 0.107. The van der Waals surface area contributed by atoms with Crippen molar-refractivity contribution in [3.05, 3.63) is 51.5 Å². The summed E-state index contributed by atoms with van der Waals surface area (Å²) in [7, 11) is 1.47. The number of nitro benzene ring substituents is 1. The van der Waals surface area contributed by atoms with Crippen molar-refractivity contribution in [2.75, 3.05) is 7.11 Å². The summed E-state index contributed by atoms with van der Waals surface area (Å²) >= 11 is 5.85. The molecule has 98 valence electrons. The summed E-state index contributed by atoms with van der Waals surface area (Å²) in [6.07, 6.45) is 0. The third kappa shape index (κ3) is 2.61. The summed E-state index contributed by atoms with van der Waals surface area (Å²) in [5.74, 6) is 0.357. The largest absolute Gasteiger partial charge is 0.507 e. The first-order valence-electron chi connectivity index (χ1n) is 5.34. The highest BCUT2D eigenvalue weighted by Crippen LogP contribution is 2.38. The predicted octanol–water partition coefficient (Wildman–Crippen LogP) is 3.63. The Morgan fingerprint density at radius 2 is 1.95 bits per heavy atom. The van der Waals surface area contributed by atoms with Gasteiger partial charge in [-0.3, -0.25) is 10.1 Å². The molecule has 0 radical (unpaired) electrons. The number of phenolic OH excluding ortho intramolecular Hbond substituents is 1. The predicted molar refractivity (Wildman–Crippen MR) is 71.8 cm³/mol. The first-order valence-corrected chi connectivity index (χ1v) is 5.72. The van der Waals surface area contributed by atoms with Crippen LogP contribution in [-0.2, 0) is 0 Å². The smallest absolute Gasteiger partial charge is 0.277 e. The third-order valence-electron chi connectivity index (χ3n) is 2.65. The highest BCUT2D eigenvalue weighted by molar-refractivity contribution is 6.31. The Labute approximate surface area is 114 Å². The second kappa shape index (κ2) is 5.16. The van der Waals surface area contributed by atoms with Gasteiger partial charge in [-0.15, -0.1) is 0 Å². The van der Waals surface area contributed by atoms with Crippen LogP contribution in [0, 0.1) is 10.1 Å². The minimum Gasteiger partial charge on any atom is -0.507 e. The molecular weight excluding hydrogens is 270 g/mol. The molecule has 0 amide bonds. The SMILES string of the molecule is COc1ccc(-c2cc(Cl)ccc2[N+](=O)[O-])c(O)c1. The van der Waals surface area contributed by atoms with Crippen LogP contribution in [0.15, 0.2) is 36.4 Å². The molecule has 0 aromatic heterocycles. The number of halogens is 1. The first kappa shape index (κ1) is 13.2. The lowest BCUT2D eigenvalue weighted by Crippen LogP contribution is -1.92. The van der Waals surface area contributed by atoms with Crippen LogP contribution in [0.2, 0.25) is 5.02 Å². The minimum atomic E-state index is -0.519. The van der Waals surface area contributed by atoms with Gasteiger partial charge in [0, 0.05) is 22.7 Å². The number of aromatic hydroxyl groups is 1. The van der Waals surface area contributed by atoms with E-state index in [1.807, 2.05) is 0 Å². The van der Waals surface area contributed by atoms with E-state index >= 15 is 0 Å². The Morgan fingerprint density at radius 1 is 1.21 bits per heavy atom. The highest BCUT2D eigenvalue weighted by Gasteiger charge is 2.18. The Balaban J connectivity index is 2.64. The molecular formula is C13H10ClNO4. The second-order valence-electron chi connectivity index (χ2n) is 3.80. The molecule has 0 aliphatic carbocycles. The van der Waals surface area contributed by atoms with Gasteiger partial charge in [0.05, 0.1) is 17.6 Å². The molecule has 0 spiro atoms. The Bertz CT molecular complexity index is 643. The zero-order valence-corrected chi connectivity index (χ0v) is 10.7. The third-order valence-corrected chi connectivity index (χ3v) is 2.89. The normalized spacial score (nSPS) is 10.2. The number of benzene rings is 2. The Hall–Kier alpha value is -2.27. The van der Waals surface area contributed by atoms with Crippen molar-refractivity contribution in [1.82, 2.24) is 0 Å². The number of nitrogens with zero attached hydrogens (tertiary/aromatic N) is 1. The van der Waals surface area contributed by atoms with Gasteiger partial charge in [0.2, 0.25) is 0 Å². The fourth-order valence-electron chi connectivity index (χ4n) is 1.75. The zero-order chi connectivity index (χ0) is 14.0. The highest BCUT2D eigenvalue weighted by atomic mass is 35.5. The molecule has 0 unspecified atom stereocenters. The molecule has 6 heteroatoms. The average molecular weight is 280 g/mol. The van der Waals surface area contributed by atoms with Gasteiger partial charge in [0.1, 0.15) is 11.5 Å². The van der Waals surface area contributed by atoms with Gasteiger partial charge in [0.15, 0.2) is 0 Å². The molecule has 0 aliphatic heterocycles. The molecule has 0 aliphatic rings. The van der Waals surface area contributed by atoms with Gasteiger partial charge in [-0.05, 0) is 24.3 Å². The second-order valence-corrected chi connectivity index (χ2v) is 4.24. The van der Waals surface area contributed by atoms with Crippen molar-refractivity contribution in [2.24, 2.45) is 0 Å². The van der Waals surface area contributed by atoms with Gasteiger partial charge in [-0.2, -0.15) is 0 Å². The van der Waals surface area contributed by atoms with Gasteiger partial charge < -0.3 is 9.84 Å². The van der Waals surface area contributed by atoms with E-state index in [9.17, 15) is 15.2 Å². The van der Waals surface area contributed by atoms with Gasteiger partial charge >= 0.3 is 0 Å². The molecule has 0 heterocycles. The number of methoxy groups -OCH3 is 1. The van der Waals surface area contributed by atoms with Crippen LogP contribution in [0.4, 0.5) is 5.69 Å². The lowest BCUT2D eigenvalue weighted by Gasteiger charge is -2.08. The van der Waals surface area contributed by atoms with Gasteiger partial charge in [-0.25, -0.2) is 0 Å². The van der Waals surface area contributed by atoms with E-state index in [0.717, 1.165) is 0 Å². The van der Waals surface area contributed by atoms with Gasteiger partial charge in [-0.1, -0.05) is 11.6 Å². The van der Waals surface area contributed by atoms with Crippen LogP contribution in [0.5, 0.6) is 11.5 Å². The van der Waals surface area contributed by atoms with Crippen LogP contribution >= 0.6 is 11.6 Å². The fraction of sp³-hybridized carbons (Fsp3) is 0.0769. The molecule has 0 saturated heterocycles. The maximum absolute atomic E-state index is 11.0. The molecule has 2 aromatic carbocycles. The molecule has 5 nitrogen and oxygen atoms in total. The van der Waals surface area contributed by atoms with Gasteiger partial charge in [0.25, 0.3) is 5.69 Å². The fourth-order valence-corrected chi connectivity index (χ4v) is 1.92. The van der Waals surface area contributed by atoms with Crippen LogP contribution in [-0.4, -0.2) is 17.1 Å². The molecule has 19 heavy (non-hydrogen) atoms. The number of phenols is 1. The lowest BCUT2D eigenvalue weighted by atomic mass is 10.0. The summed E-state index contributed by atoms with van der Waals surface area (Å²) in [4.78, 5) is 10.5. The van der Waals surface area contributed by atoms with Crippen LogP contribution in [0.25, 0.3) is 11.1 Å². The number of ether oxygens (including phenoxy) is 1. The quantitative estimate of drug-likeness (QED) is 0.688. The molecule has 0 atom stereocenters. The molecule has 2 aromatic rings. The van der Waals surface area contributed by atoms with Crippen molar-refractivity contribution in [3.8, 4) is 22.6 Å². The molecule has 2 rings (SSSR count). The molecule has 0 saturated carbocycles. The van der Waals surface area contributed by atoms with Crippen LogP contribution in [0.3, 0.4) is 0 Å². The summed E-state index contributed by atoms with van der Waals surface area (Å²) in [5.41, 5.74) is 0.470. The van der Waals surface area contributed by atoms with E-state index in [1.165, 1.54) is 31.4 Å². The van der Waals surface area contributed by atoms with E-state index in [1.54, 1.807) is 12.1 Å². The van der Waals surface area contributed by atoms with Crippen molar-refractivity contribution in [3.63, 3.8) is 0 Å². The van der Waals surface area contributed by atoms with E-state index in [4.69, 9.17) is 16.3 Å². The maximum atomic E-state index is 11.0. The molecule has 0 fully saturated rings. The molecule has 1 N–H and O–H groups in total. The standard InChI is InChI=1S/C13H10ClNO4/c1-19-9-3-4-10(13(16)7-9)11-6-8(14)2-5-12(11)15(17)18/h2-7,16H,1H3. The number of hydrogen-bond donors (Lipinski definition) is 1. The topological polar surface area (TPSA) is 72.6 Å². The summed E-state index contributed by atoms with van der Waals surface area (Å²) < 4.78 is 4.97. The van der Waals surface area contributed by atoms with Crippen LogP contribution < -0.4 is 4.74 Å². The summed E-state index contributed by atoms with van der Waals surface area (Å²) in [6, 6.07) is 8.73. The number of rotatable bonds is 3. The Kier molecular flexibility index (Phi) is 3.57. The van der Waals surface area contributed by atoms with Crippen molar-refractivity contribution >= 4 is 17.3 Å². The molecule has 0 bridgehead atoms. The number of hydrogen-bond acceptors (Lipinski definition) is 4. The lowest BCUT2D eigenvalue weighted by molar-refractivity contribution is -0.384.